The van der Waals surface area contributed by atoms with E-state index in [0.717, 1.165) is 23.9 Å². The summed E-state index contributed by atoms with van der Waals surface area (Å²) in [5.74, 6) is 0.713. The Balaban J connectivity index is 1.59. The summed E-state index contributed by atoms with van der Waals surface area (Å²) in [6, 6.07) is 11.4. The Bertz CT molecular complexity index is 1060. The molecule has 11 heteroatoms. The van der Waals surface area contributed by atoms with Crippen LogP contribution in [-0.2, 0) is 24.6 Å². The van der Waals surface area contributed by atoms with Crippen LogP contribution in [0.1, 0.15) is 18.3 Å². The number of thioether (sulfide) groups is 1. The van der Waals surface area contributed by atoms with Crippen molar-refractivity contribution < 1.29 is 22.7 Å². The Morgan fingerprint density at radius 3 is 2.61 bits per heavy atom. The summed E-state index contributed by atoms with van der Waals surface area (Å²) in [5.41, 5.74) is -0.758. The zero-order valence-electron chi connectivity index (χ0n) is 16.5. The molecule has 0 saturated carbocycles. The first-order valence-corrected chi connectivity index (χ1v) is 10.3. The van der Waals surface area contributed by atoms with Crippen molar-refractivity contribution in [1.29, 1.82) is 0 Å². The summed E-state index contributed by atoms with van der Waals surface area (Å²) in [7, 11) is 1.74. The molecular formula is C20H18ClF3N4O2S. The van der Waals surface area contributed by atoms with Crippen LogP contribution in [0.15, 0.2) is 53.7 Å². The Kier molecular flexibility index (Phi) is 7.11. The Morgan fingerprint density at radius 2 is 1.94 bits per heavy atom. The van der Waals surface area contributed by atoms with Crippen LogP contribution in [0.3, 0.4) is 0 Å². The van der Waals surface area contributed by atoms with Crippen LogP contribution in [0.5, 0.6) is 5.75 Å². The lowest BCUT2D eigenvalue weighted by atomic mass is 10.2. The first-order chi connectivity index (χ1) is 14.6. The highest BCUT2D eigenvalue weighted by Gasteiger charge is 2.30. The van der Waals surface area contributed by atoms with Crippen molar-refractivity contribution in [3.05, 3.63) is 64.9 Å². The maximum absolute atomic E-state index is 12.8. The highest BCUT2D eigenvalue weighted by Crippen LogP contribution is 2.31. The maximum atomic E-state index is 12.8. The molecule has 1 aromatic heterocycles. The van der Waals surface area contributed by atoms with E-state index in [-0.39, 0.29) is 12.3 Å². The molecule has 2 aromatic carbocycles. The minimum Gasteiger partial charge on any atom is -0.486 e. The van der Waals surface area contributed by atoms with E-state index in [1.165, 1.54) is 12.1 Å². The first-order valence-electron chi connectivity index (χ1n) is 9.05. The molecule has 0 spiro atoms. The molecule has 1 atom stereocenters. The molecule has 3 rings (SSSR count). The van der Waals surface area contributed by atoms with Gasteiger partial charge in [-0.25, -0.2) is 0 Å². The zero-order chi connectivity index (χ0) is 22.6. The molecule has 0 aliphatic heterocycles. The van der Waals surface area contributed by atoms with E-state index >= 15 is 0 Å². The van der Waals surface area contributed by atoms with Crippen LogP contribution in [0, 0.1) is 0 Å². The minimum absolute atomic E-state index is 0.0716. The molecule has 0 aliphatic carbocycles. The van der Waals surface area contributed by atoms with E-state index in [1.807, 2.05) is 0 Å². The number of nitrogens with one attached hydrogen (secondary N) is 1. The second-order valence-corrected chi connectivity index (χ2v) is 8.27. The predicted octanol–water partition coefficient (Wildman–Crippen LogP) is 5.19. The van der Waals surface area contributed by atoms with Gasteiger partial charge in [0.05, 0.1) is 10.8 Å². The third-order valence-corrected chi connectivity index (χ3v) is 5.60. The van der Waals surface area contributed by atoms with Gasteiger partial charge in [-0.1, -0.05) is 29.4 Å². The van der Waals surface area contributed by atoms with Crippen molar-refractivity contribution in [3.8, 4) is 5.75 Å². The number of aromatic nitrogens is 3. The summed E-state index contributed by atoms with van der Waals surface area (Å²) >= 11 is 6.98. The smallest absolute Gasteiger partial charge is 0.416 e. The first kappa shape index (κ1) is 23.0. The molecular weight excluding hydrogens is 453 g/mol. The van der Waals surface area contributed by atoms with Crippen molar-refractivity contribution >= 4 is 35.0 Å². The molecule has 1 unspecified atom stereocenters. The highest BCUT2D eigenvalue weighted by atomic mass is 35.5. The quantitative estimate of drug-likeness (QED) is 0.481. The summed E-state index contributed by atoms with van der Waals surface area (Å²) < 4.78 is 45.8. The maximum Gasteiger partial charge on any atom is 0.416 e. The molecule has 0 fully saturated rings. The van der Waals surface area contributed by atoms with Crippen molar-refractivity contribution in [1.82, 2.24) is 14.8 Å². The van der Waals surface area contributed by atoms with Crippen LogP contribution >= 0.6 is 23.4 Å². The standard InChI is InChI=1S/C20H18ClF3N4O2S/c1-12(18(29)25-15-5-3-4-13(10-15)20(22,23)24)31-19-27-26-17(28(19)2)11-30-16-8-6-14(21)7-9-16/h3-10,12H,11H2,1-2H3,(H,25,29). The fourth-order valence-corrected chi connectivity index (χ4v) is 3.44. The van der Waals surface area contributed by atoms with Gasteiger partial charge >= 0.3 is 6.18 Å². The number of hydrogen-bond donors (Lipinski definition) is 1. The van der Waals surface area contributed by atoms with Gasteiger partial charge in [0, 0.05) is 17.8 Å². The topological polar surface area (TPSA) is 69.0 Å². The van der Waals surface area contributed by atoms with Gasteiger partial charge in [0.15, 0.2) is 11.0 Å². The van der Waals surface area contributed by atoms with Crippen molar-refractivity contribution in [2.75, 3.05) is 5.32 Å². The van der Waals surface area contributed by atoms with E-state index in [2.05, 4.69) is 15.5 Å². The van der Waals surface area contributed by atoms with Gasteiger partial charge in [0.1, 0.15) is 12.4 Å². The fourth-order valence-electron chi connectivity index (χ4n) is 2.48. The number of rotatable bonds is 7. The number of alkyl halides is 3. The third kappa shape index (κ3) is 6.14. The van der Waals surface area contributed by atoms with Gasteiger partial charge in [-0.2, -0.15) is 13.2 Å². The number of nitrogens with zero attached hydrogens (tertiary/aromatic N) is 3. The molecule has 0 radical (unpaired) electrons. The normalized spacial score (nSPS) is 12.5. The zero-order valence-corrected chi connectivity index (χ0v) is 18.1. The van der Waals surface area contributed by atoms with Gasteiger partial charge in [-0.05, 0) is 49.4 Å². The largest absolute Gasteiger partial charge is 0.486 e. The molecule has 1 heterocycles. The number of ether oxygens (including phenoxy) is 1. The molecule has 0 aliphatic rings. The summed E-state index contributed by atoms with van der Waals surface area (Å²) in [4.78, 5) is 12.4. The minimum atomic E-state index is -4.48. The third-order valence-electron chi connectivity index (χ3n) is 4.22. The fraction of sp³-hybridized carbons (Fsp3) is 0.250. The number of anilines is 1. The lowest BCUT2D eigenvalue weighted by molar-refractivity contribution is -0.137. The second kappa shape index (κ2) is 9.61. The van der Waals surface area contributed by atoms with E-state index in [1.54, 1.807) is 42.8 Å². The average molecular weight is 471 g/mol. The number of amides is 1. The van der Waals surface area contributed by atoms with Gasteiger partial charge < -0.3 is 14.6 Å². The van der Waals surface area contributed by atoms with E-state index in [9.17, 15) is 18.0 Å². The molecule has 1 amide bonds. The van der Waals surface area contributed by atoms with E-state index < -0.39 is 22.9 Å². The number of benzene rings is 2. The van der Waals surface area contributed by atoms with Crippen LogP contribution in [0.2, 0.25) is 5.02 Å². The van der Waals surface area contributed by atoms with Crippen LogP contribution in [0.25, 0.3) is 0 Å². The molecule has 31 heavy (non-hydrogen) atoms. The molecule has 164 valence electrons. The number of halogens is 4. The van der Waals surface area contributed by atoms with E-state index in [4.69, 9.17) is 16.3 Å². The predicted molar refractivity (Wildman–Crippen MR) is 112 cm³/mol. The lowest BCUT2D eigenvalue weighted by Gasteiger charge is -2.13. The van der Waals surface area contributed by atoms with Gasteiger partial charge in [-0.15, -0.1) is 10.2 Å². The van der Waals surface area contributed by atoms with Crippen molar-refractivity contribution in [3.63, 3.8) is 0 Å². The van der Waals surface area contributed by atoms with E-state index in [0.29, 0.717) is 21.8 Å². The van der Waals surface area contributed by atoms with Gasteiger partial charge in [0.2, 0.25) is 5.91 Å². The van der Waals surface area contributed by atoms with Crippen molar-refractivity contribution in [2.45, 2.75) is 30.1 Å². The Labute approximate surface area is 185 Å². The monoisotopic (exact) mass is 470 g/mol. The SMILES string of the molecule is CC(Sc1nnc(COc2ccc(Cl)cc2)n1C)C(=O)Nc1cccc(C(F)(F)F)c1. The average Bonchev–Trinajstić information content (AvgIpc) is 3.06. The lowest BCUT2D eigenvalue weighted by Crippen LogP contribution is -2.23. The summed E-state index contributed by atoms with van der Waals surface area (Å²) in [6.45, 7) is 1.79. The molecule has 0 bridgehead atoms. The van der Waals surface area contributed by atoms with Crippen LogP contribution in [-0.4, -0.2) is 25.9 Å². The Hall–Kier alpha value is -2.72. The van der Waals surface area contributed by atoms with Crippen LogP contribution in [0.4, 0.5) is 18.9 Å². The molecule has 3 aromatic rings. The summed E-state index contributed by atoms with van der Waals surface area (Å²) in [5, 5.41) is 11.1. The summed E-state index contributed by atoms with van der Waals surface area (Å²) in [6.07, 6.45) is -4.48. The van der Waals surface area contributed by atoms with Gasteiger partial charge in [0.25, 0.3) is 0 Å². The molecule has 1 N–H and O–H groups in total. The van der Waals surface area contributed by atoms with Gasteiger partial charge in [-0.3, -0.25) is 4.79 Å². The molecule has 6 nitrogen and oxygen atoms in total. The van der Waals surface area contributed by atoms with Crippen molar-refractivity contribution in [2.24, 2.45) is 7.05 Å². The number of carbonyl (C=O) groups is 1. The number of carbonyl (C=O) groups excluding carboxylic acids is 1. The van der Waals surface area contributed by atoms with Crippen LogP contribution < -0.4 is 10.1 Å². The molecule has 0 saturated heterocycles. The number of hydrogen-bond acceptors (Lipinski definition) is 5. The highest BCUT2D eigenvalue weighted by molar-refractivity contribution is 8.00. The second-order valence-electron chi connectivity index (χ2n) is 6.53. The Morgan fingerprint density at radius 1 is 1.23 bits per heavy atom.